The summed E-state index contributed by atoms with van der Waals surface area (Å²) < 4.78 is 12.3. The van der Waals surface area contributed by atoms with Gasteiger partial charge >= 0.3 is 0 Å². The van der Waals surface area contributed by atoms with Gasteiger partial charge in [-0.05, 0) is 37.0 Å². The molecule has 126 valence electrons. The number of epoxide rings is 1. The monoisotopic (exact) mass is 324 g/mol. The van der Waals surface area contributed by atoms with Crippen LogP contribution in [-0.4, -0.2) is 32.9 Å². The predicted octanol–water partition coefficient (Wildman–Crippen LogP) is 4.34. The number of allylic oxidation sites excluding steroid dienone is 2. The zero-order chi connectivity index (χ0) is 17.0. The Labute approximate surface area is 136 Å². The fourth-order valence-corrected chi connectivity index (χ4v) is 4.26. The fraction of sp³-hybridized carbons (Fsp3) is 0.833. The zero-order valence-corrected chi connectivity index (χ0v) is 16.5. The number of ketones is 1. The Hall–Kier alpha value is -0.453. The van der Waals surface area contributed by atoms with Crippen molar-refractivity contribution in [2.24, 2.45) is 11.3 Å². The Kier molecular flexibility index (Phi) is 4.30. The predicted molar refractivity (Wildman–Crippen MR) is 92.5 cm³/mol. The van der Waals surface area contributed by atoms with E-state index in [0.717, 1.165) is 18.6 Å². The van der Waals surface area contributed by atoms with Crippen molar-refractivity contribution in [3.05, 3.63) is 11.6 Å². The van der Waals surface area contributed by atoms with Crippen LogP contribution in [0.25, 0.3) is 0 Å². The van der Waals surface area contributed by atoms with Gasteiger partial charge in [-0.25, -0.2) is 0 Å². The lowest BCUT2D eigenvalue weighted by Crippen LogP contribution is -2.49. The van der Waals surface area contributed by atoms with Crippen LogP contribution >= 0.6 is 0 Å². The number of carbonyl (C=O) groups excluding carboxylic acids is 1. The number of carbonyl (C=O) groups is 1. The molecule has 0 radical (unpaired) electrons. The van der Waals surface area contributed by atoms with Crippen molar-refractivity contribution in [2.75, 3.05) is 13.2 Å². The molecular formula is C18H32O3Si. The average molecular weight is 325 g/mol. The Morgan fingerprint density at radius 2 is 1.91 bits per heavy atom. The van der Waals surface area contributed by atoms with Crippen LogP contribution in [0.2, 0.25) is 18.1 Å². The summed E-state index contributed by atoms with van der Waals surface area (Å²) >= 11 is 0. The third-order valence-corrected chi connectivity index (χ3v) is 10.6. The molecule has 2 aliphatic rings. The van der Waals surface area contributed by atoms with Gasteiger partial charge in [-0.3, -0.25) is 4.79 Å². The van der Waals surface area contributed by atoms with Crippen molar-refractivity contribution in [3.63, 3.8) is 0 Å². The molecule has 3 nitrogen and oxygen atoms in total. The van der Waals surface area contributed by atoms with Gasteiger partial charge in [0.25, 0.3) is 0 Å². The summed E-state index contributed by atoms with van der Waals surface area (Å²) in [6.07, 6.45) is 2.99. The first kappa shape index (κ1) is 17.9. The summed E-state index contributed by atoms with van der Waals surface area (Å²) in [4.78, 5) is 12.5. The highest BCUT2D eigenvalue weighted by Gasteiger charge is 2.60. The largest absolute Gasteiger partial charge is 0.414 e. The Morgan fingerprint density at radius 3 is 2.36 bits per heavy atom. The molecule has 0 spiro atoms. The highest BCUT2D eigenvalue weighted by atomic mass is 28.4. The molecule has 0 saturated carbocycles. The van der Waals surface area contributed by atoms with Crippen LogP contribution in [0.4, 0.5) is 0 Å². The molecule has 0 aromatic rings. The highest BCUT2D eigenvalue weighted by Crippen LogP contribution is 2.51. The Balaban J connectivity index is 2.14. The molecule has 2 unspecified atom stereocenters. The van der Waals surface area contributed by atoms with E-state index in [1.807, 2.05) is 6.92 Å². The van der Waals surface area contributed by atoms with E-state index in [1.165, 1.54) is 0 Å². The van der Waals surface area contributed by atoms with Gasteiger partial charge in [0, 0.05) is 11.3 Å². The van der Waals surface area contributed by atoms with Crippen LogP contribution in [0, 0.1) is 11.3 Å². The smallest absolute Gasteiger partial charge is 0.192 e. The standard InChI is InChI=1S/C18H32O3Si/c1-13-9-10-14(17(5,6)15(13)19)18(11-20-18)12-21-22(7,8)16(2,3)4/h9,14H,10-12H2,1-8H3. The van der Waals surface area contributed by atoms with Crippen molar-refractivity contribution in [1.29, 1.82) is 0 Å². The van der Waals surface area contributed by atoms with Crippen LogP contribution in [0.5, 0.6) is 0 Å². The van der Waals surface area contributed by atoms with Gasteiger partial charge in [-0.15, -0.1) is 0 Å². The van der Waals surface area contributed by atoms with E-state index in [4.69, 9.17) is 9.16 Å². The van der Waals surface area contributed by atoms with Crippen molar-refractivity contribution in [3.8, 4) is 0 Å². The maximum absolute atomic E-state index is 12.5. The summed E-state index contributed by atoms with van der Waals surface area (Å²) in [5.41, 5.74) is 0.264. The molecule has 1 aliphatic heterocycles. The lowest BCUT2D eigenvalue weighted by molar-refractivity contribution is -0.129. The minimum absolute atomic E-state index is 0.192. The first-order valence-corrected chi connectivity index (χ1v) is 11.2. The first-order valence-electron chi connectivity index (χ1n) is 8.33. The number of ether oxygens (including phenoxy) is 1. The summed E-state index contributed by atoms with van der Waals surface area (Å²) in [6, 6.07) is 0. The van der Waals surface area contributed by atoms with Crippen LogP contribution in [-0.2, 0) is 14.0 Å². The lowest BCUT2D eigenvalue weighted by Gasteiger charge is -2.42. The van der Waals surface area contributed by atoms with Gasteiger partial charge in [-0.2, -0.15) is 0 Å². The van der Waals surface area contributed by atoms with Crippen molar-refractivity contribution in [2.45, 2.75) is 71.7 Å². The van der Waals surface area contributed by atoms with E-state index in [1.54, 1.807) is 0 Å². The molecule has 0 aromatic carbocycles. The normalized spacial score (nSPS) is 31.9. The van der Waals surface area contributed by atoms with Gasteiger partial charge in [0.2, 0.25) is 0 Å². The molecule has 0 bridgehead atoms. The average Bonchev–Trinajstić information content (AvgIpc) is 3.13. The molecule has 2 rings (SSSR count). The quantitative estimate of drug-likeness (QED) is 0.570. The molecular weight excluding hydrogens is 292 g/mol. The molecule has 1 fully saturated rings. The molecule has 1 saturated heterocycles. The maximum atomic E-state index is 12.5. The van der Waals surface area contributed by atoms with E-state index in [0.29, 0.717) is 6.61 Å². The minimum atomic E-state index is -1.80. The van der Waals surface area contributed by atoms with Gasteiger partial charge in [0.1, 0.15) is 5.60 Å². The van der Waals surface area contributed by atoms with Crippen LogP contribution < -0.4 is 0 Å². The fourth-order valence-electron chi connectivity index (χ4n) is 3.22. The van der Waals surface area contributed by atoms with Crippen LogP contribution in [0.1, 0.15) is 48.0 Å². The molecule has 2 atom stereocenters. The van der Waals surface area contributed by atoms with E-state index in [2.05, 4.69) is 53.8 Å². The second-order valence-corrected chi connectivity index (χ2v) is 13.9. The topological polar surface area (TPSA) is 38.8 Å². The van der Waals surface area contributed by atoms with E-state index in [9.17, 15) is 4.79 Å². The molecule has 0 aromatic heterocycles. The summed E-state index contributed by atoms with van der Waals surface area (Å²) in [5.74, 6) is 0.465. The van der Waals surface area contributed by atoms with Crippen LogP contribution in [0.3, 0.4) is 0 Å². The summed E-state index contributed by atoms with van der Waals surface area (Å²) in [5, 5.41) is 0.192. The maximum Gasteiger partial charge on any atom is 0.192 e. The van der Waals surface area contributed by atoms with Crippen molar-refractivity contribution < 1.29 is 14.0 Å². The van der Waals surface area contributed by atoms with E-state index in [-0.39, 0.29) is 27.8 Å². The minimum Gasteiger partial charge on any atom is -0.414 e. The van der Waals surface area contributed by atoms with E-state index < -0.39 is 8.32 Å². The molecule has 22 heavy (non-hydrogen) atoms. The molecule has 4 heteroatoms. The van der Waals surface area contributed by atoms with Crippen molar-refractivity contribution in [1.82, 2.24) is 0 Å². The molecule has 1 heterocycles. The van der Waals surface area contributed by atoms with Gasteiger partial charge in [0.15, 0.2) is 14.1 Å². The Morgan fingerprint density at radius 1 is 1.36 bits per heavy atom. The van der Waals surface area contributed by atoms with Gasteiger partial charge in [-0.1, -0.05) is 40.7 Å². The SMILES string of the molecule is CC1=CCC(C2(CO[Si](C)(C)C(C)(C)C)CO2)C(C)(C)C1=O. The zero-order valence-electron chi connectivity index (χ0n) is 15.5. The van der Waals surface area contributed by atoms with Crippen LogP contribution in [0.15, 0.2) is 11.6 Å². The highest BCUT2D eigenvalue weighted by molar-refractivity contribution is 6.74. The third kappa shape index (κ3) is 2.97. The van der Waals surface area contributed by atoms with Gasteiger partial charge in [0.05, 0.1) is 13.2 Å². The second kappa shape index (κ2) is 5.28. The number of hydrogen-bond acceptors (Lipinski definition) is 3. The number of Topliss-reactive ketones (excluding diaryl/α,β-unsaturated/α-hetero) is 1. The second-order valence-electron chi connectivity index (χ2n) is 9.13. The summed E-state index contributed by atoms with van der Waals surface area (Å²) in [7, 11) is -1.80. The van der Waals surface area contributed by atoms with Crippen molar-refractivity contribution >= 4 is 14.1 Å². The molecule has 0 N–H and O–H groups in total. The molecule has 0 amide bonds. The van der Waals surface area contributed by atoms with E-state index >= 15 is 0 Å². The number of rotatable bonds is 4. The molecule has 1 aliphatic carbocycles. The third-order valence-electron chi connectivity index (χ3n) is 6.11. The van der Waals surface area contributed by atoms with Gasteiger partial charge < -0.3 is 9.16 Å². The Bertz CT molecular complexity index is 493. The lowest BCUT2D eigenvalue weighted by atomic mass is 9.63. The number of hydrogen-bond donors (Lipinski definition) is 0. The first-order chi connectivity index (χ1) is 9.83. The summed E-state index contributed by atoms with van der Waals surface area (Å²) in [6.45, 7) is 18.7.